The van der Waals surface area contributed by atoms with Gasteiger partial charge in [-0.25, -0.2) is 4.79 Å². The highest BCUT2D eigenvalue weighted by Crippen LogP contribution is 2.21. The Morgan fingerprint density at radius 3 is 2.43 bits per heavy atom. The molecule has 4 nitrogen and oxygen atoms in total. The maximum Gasteiger partial charge on any atom is 0.336 e. The van der Waals surface area contributed by atoms with Gasteiger partial charge in [-0.2, -0.15) is 0 Å². The summed E-state index contributed by atoms with van der Waals surface area (Å²) in [7, 11) is 0. The molecule has 1 amide bonds. The molecule has 2 aromatic carbocycles. The molecule has 0 aliphatic carbocycles. The first-order valence-electron chi connectivity index (χ1n) is 6.34. The topological polar surface area (TPSA) is 66.4 Å². The molecule has 2 rings (SSSR count). The summed E-state index contributed by atoms with van der Waals surface area (Å²) >= 11 is 3.16. The number of hydrogen-bond donors (Lipinski definition) is 2. The van der Waals surface area contributed by atoms with Gasteiger partial charge in [-0.05, 0) is 46.6 Å². The molecule has 0 aliphatic heterocycles. The number of nitrogens with one attached hydrogen (secondary N) is 1. The summed E-state index contributed by atoms with van der Waals surface area (Å²) in [6.45, 7) is 1.99. The molecule has 0 heterocycles. The molecule has 21 heavy (non-hydrogen) atoms. The Hall–Kier alpha value is -2.14. The van der Waals surface area contributed by atoms with Crippen LogP contribution < -0.4 is 5.32 Å². The van der Waals surface area contributed by atoms with Crippen molar-refractivity contribution in [3.8, 4) is 0 Å². The lowest BCUT2D eigenvalue weighted by atomic mass is 10.1. The molecule has 0 aliphatic rings. The highest BCUT2D eigenvalue weighted by molar-refractivity contribution is 9.10. The summed E-state index contributed by atoms with van der Waals surface area (Å²) < 4.78 is 0.478. The van der Waals surface area contributed by atoms with E-state index in [2.05, 4.69) is 21.2 Å². The third-order valence-electron chi connectivity index (χ3n) is 2.97. The van der Waals surface area contributed by atoms with Gasteiger partial charge in [0.15, 0.2) is 0 Å². The van der Waals surface area contributed by atoms with Crippen LogP contribution in [0.4, 0.5) is 5.69 Å². The van der Waals surface area contributed by atoms with Crippen LogP contribution >= 0.6 is 15.9 Å². The lowest BCUT2D eigenvalue weighted by Crippen LogP contribution is -2.14. The van der Waals surface area contributed by atoms with Crippen LogP contribution in [-0.2, 0) is 11.2 Å². The maximum atomic E-state index is 12.0. The summed E-state index contributed by atoms with van der Waals surface area (Å²) in [5, 5.41) is 11.7. The quantitative estimate of drug-likeness (QED) is 0.887. The average Bonchev–Trinajstić information content (AvgIpc) is 2.43. The molecule has 108 valence electrons. The van der Waals surface area contributed by atoms with Crippen molar-refractivity contribution >= 4 is 33.5 Å². The molecular weight excluding hydrogens is 334 g/mol. The second kappa shape index (κ2) is 6.54. The van der Waals surface area contributed by atoms with Crippen LogP contribution in [0.2, 0.25) is 0 Å². The molecule has 2 N–H and O–H groups in total. The van der Waals surface area contributed by atoms with Crippen molar-refractivity contribution < 1.29 is 14.7 Å². The minimum atomic E-state index is -1.04. The Balaban J connectivity index is 2.07. The van der Waals surface area contributed by atoms with E-state index >= 15 is 0 Å². The van der Waals surface area contributed by atoms with Crippen molar-refractivity contribution in [2.75, 3.05) is 5.32 Å². The molecule has 0 radical (unpaired) electrons. The summed E-state index contributed by atoms with van der Waals surface area (Å²) in [5.74, 6) is -1.23. The van der Waals surface area contributed by atoms with Gasteiger partial charge >= 0.3 is 5.97 Å². The van der Waals surface area contributed by atoms with Gasteiger partial charge in [-0.1, -0.05) is 29.8 Å². The molecule has 0 unspecified atom stereocenters. The minimum Gasteiger partial charge on any atom is -0.478 e. The minimum absolute atomic E-state index is 0.114. The van der Waals surface area contributed by atoms with Gasteiger partial charge in [0.25, 0.3) is 0 Å². The number of hydrogen-bond acceptors (Lipinski definition) is 2. The SMILES string of the molecule is Cc1ccc(CC(=O)Nc2ccc(Br)c(C(=O)O)c2)cc1. The zero-order valence-corrected chi connectivity index (χ0v) is 13.0. The number of carboxylic acid groups (broad SMARTS) is 1. The fraction of sp³-hybridized carbons (Fsp3) is 0.125. The summed E-state index contributed by atoms with van der Waals surface area (Å²) in [4.78, 5) is 23.0. The van der Waals surface area contributed by atoms with Crippen LogP contribution in [0.5, 0.6) is 0 Å². The van der Waals surface area contributed by atoms with Gasteiger partial charge in [-0.15, -0.1) is 0 Å². The number of amides is 1. The lowest BCUT2D eigenvalue weighted by Gasteiger charge is -2.07. The normalized spacial score (nSPS) is 10.2. The van der Waals surface area contributed by atoms with Crippen LogP contribution in [-0.4, -0.2) is 17.0 Å². The Labute approximate surface area is 130 Å². The summed E-state index contributed by atoms with van der Waals surface area (Å²) in [6, 6.07) is 12.4. The van der Waals surface area contributed by atoms with Crippen LogP contribution in [0.25, 0.3) is 0 Å². The first-order chi connectivity index (χ1) is 9.95. The number of carbonyl (C=O) groups is 2. The number of carbonyl (C=O) groups excluding carboxylic acids is 1. The van der Waals surface area contributed by atoms with Crippen molar-refractivity contribution in [2.24, 2.45) is 0 Å². The predicted octanol–water partition coefficient (Wildman–Crippen LogP) is 3.64. The highest BCUT2D eigenvalue weighted by Gasteiger charge is 2.10. The Kier molecular flexibility index (Phi) is 4.75. The van der Waals surface area contributed by atoms with Crippen LogP contribution in [0, 0.1) is 6.92 Å². The number of aryl methyl sites for hydroxylation is 1. The van der Waals surface area contributed by atoms with Crippen LogP contribution in [0.1, 0.15) is 21.5 Å². The van der Waals surface area contributed by atoms with Gasteiger partial charge in [0.1, 0.15) is 0 Å². The van der Waals surface area contributed by atoms with E-state index in [4.69, 9.17) is 5.11 Å². The van der Waals surface area contributed by atoms with E-state index in [1.807, 2.05) is 31.2 Å². The zero-order valence-electron chi connectivity index (χ0n) is 11.4. The number of carboxylic acids is 1. The highest BCUT2D eigenvalue weighted by atomic mass is 79.9. The Morgan fingerprint density at radius 1 is 1.14 bits per heavy atom. The number of aromatic carboxylic acids is 1. The standard InChI is InChI=1S/C16H14BrNO3/c1-10-2-4-11(5-3-10)8-15(19)18-12-6-7-14(17)13(9-12)16(20)21/h2-7,9H,8H2,1H3,(H,18,19)(H,20,21). The number of rotatable bonds is 4. The van der Waals surface area contributed by atoms with E-state index in [9.17, 15) is 9.59 Å². The Morgan fingerprint density at radius 2 is 1.81 bits per heavy atom. The van der Waals surface area contributed by atoms with E-state index in [0.29, 0.717) is 10.2 Å². The predicted molar refractivity (Wildman–Crippen MR) is 84.6 cm³/mol. The third kappa shape index (κ3) is 4.16. The number of halogens is 1. The molecule has 0 saturated heterocycles. The fourth-order valence-electron chi connectivity index (χ4n) is 1.86. The van der Waals surface area contributed by atoms with E-state index in [-0.39, 0.29) is 17.9 Å². The molecule has 0 saturated carbocycles. The van der Waals surface area contributed by atoms with Crippen LogP contribution in [0.15, 0.2) is 46.9 Å². The third-order valence-corrected chi connectivity index (χ3v) is 3.66. The first-order valence-corrected chi connectivity index (χ1v) is 7.13. The molecule has 0 spiro atoms. The van der Waals surface area contributed by atoms with Crippen molar-refractivity contribution in [3.05, 3.63) is 63.6 Å². The van der Waals surface area contributed by atoms with Gasteiger partial charge in [0.05, 0.1) is 12.0 Å². The van der Waals surface area contributed by atoms with E-state index in [1.165, 1.54) is 6.07 Å². The summed E-state index contributed by atoms with van der Waals surface area (Å²) in [6.07, 6.45) is 0.249. The molecule has 0 atom stereocenters. The smallest absolute Gasteiger partial charge is 0.336 e. The van der Waals surface area contributed by atoms with Gasteiger partial charge in [-0.3, -0.25) is 4.79 Å². The molecule has 0 bridgehead atoms. The van der Waals surface area contributed by atoms with Crippen molar-refractivity contribution in [1.29, 1.82) is 0 Å². The largest absolute Gasteiger partial charge is 0.478 e. The van der Waals surface area contributed by atoms with E-state index in [0.717, 1.165) is 11.1 Å². The second-order valence-electron chi connectivity index (χ2n) is 4.71. The summed E-state index contributed by atoms with van der Waals surface area (Å²) in [5.41, 5.74) is 2.63. The monoisotopic (exact) mass is 347 g/mol. The van der Waals surface area contributed by atoms with Crippen molar-refractivity contribution in [2.45, 2.75) is 13.3 Å². The first kappa shape index (κ1) is 15.3. The van der Waals surface area contributed by atoms with Gasteiger partial charge in [0, 0.05) is 10.2 Å². The maximum absolute atomic E-state index is 12.0. The average molecular weight is 348 g/mol. The van der Waals surface area contributed by atoms with Gasteiger partial charge in [0.2, 0.25) is 5.91 Å². The van der Waals surface area contributed by atoms with Crippen molar-refractivity contribution in [3.63, 3.8) is 0 Å². The van der Waals surface area contributed by atoms with Crippen molar-refractivity contribution in [1.82, 2.24) is 0 Å². The number of anilines is 1. The fourth-order valence-corrected chi connectivity index (χ4v) is 2.28. The lowest BCUT2D eigenvalue weighted by molar-refractivity contribution is -0.115. The molecular formula is C16H14BrNO3. The van der Waals surface area contributed by atoms with Crippen LogP contribution in [0.3, 0.4) is 0 Å². The zero-order chi connectivity index (χ0) is 15.4. The molecule has 0 fully saturated rings. The molecule has 0 aromatic heterocycles. The molecule has 2 aromatic rings. The van der Waals surface area contributed by atoms with Gasteiger partial charge < -0.3 is 10.4 Å². The molecule has 5 heteroatoms. The van der Waals surface area contributed by atoms with E-state index in [1.54, 1.807) is 12.1 Å². The Bertz CT molecular complexity index is 680. The van der Waals surface area contributed by atoms with E-state index < -0.39 is 5.97 Å². The number of benzene rings is 2. The second-order valence-corrected chi connectivity index (χ2v) is 5.56.